The van der Waals surface area contributed by atoms with E-state index in [1.807, 2.05) is 31.2 Å². The normalized spacial score (nSPS) is 17.9. The third kappa shape index (κ3) is 3.55. The molecule has 3 heterocycles. The fraction of sp³-hybridized carbons (Fsp3) is 0.400. The van der Waals surface area contributed by atoms with Crippen molar-refractivity contribution in [3.8, 4) is 11.5 Å². The number of carbonyl (C=O) groups excluding carboxylic acids is 1. The molecule has 27 heavy (non-hydrogen) atoms. The number of aldehydes is 1. The number of carbonyl (C=O) groups is 1. The van der Waals surface area contributed by atoms with Crippen LogP contribution in [0.5, 0.6) is 11.5 Å². The highest BCUT2D eigenvalue weighted by molar-refractivity contribution is 5.83. The Kier molecular flexibility index (Phi) is 4.85. The molecular formula is C20H22N2O5. The Balaban J connectivity index is 1.55. The van der Waals surface area contributed by atoms with Crippen LogP contribution in [-0.4, -0.2) is 30.4 Å². The predicted molar refractivity (Wildman–Crippen MR) is 99.7 cm³/mol. The molecule has 7 heteroatoms. The quantitative estimate of drug-likeness (QED) is 0.787. The first-order valence-electron chi connectivity index (χ1n) is 9.09. The number of nitrogens with one attached hydrogen (secondary N) is 1. The first kappa shape index (κ1) is 17.6. The average molecular weight is 370 g/mol. The highest BCUT2D eigenvalue weighted by Gasteiger charge is 2.20. The Hall–Kier alpha value is -2.80. The van der Waals surface area contributed by atoms with Crippen LogP contribution in [0.4, 0.5) is 5.69 Å². The SMILES string of the molecule is Cc1cc(NCc2ccc3c(c2)OCO3)c(C=O)c(=O)n1C[C@@H]1CCCO1. The van der Waals surface area contributed by atoms with E-state index in [9.17, 15) is 9.59 Å². The van der Waals surface area contributed by atoms with Crippen molar-refractivity contribution in [2.45, 2.75) is 39.0 Å². The second-order valence-corrected chi connectivity index (χ2v) is 6.82. The van der Waals surface area contributed by atoms with Crippen molar-refractivity contribution in [2.24, 2.45) is 0 Å². The third-order valence-corrected chi connectivity index (χ3v) is 4.99. The minimum absolute atomic E-state index is 0.0355. The van der Waals surface area contributed by atoms with Gasteiger partial charge in [-0.3, -0.25) is 9.59 Å². The van der Waals surface area contributed by atoms with Gasteiger partial charge in [-0.15, -0.1) is 0 Å². The van der Waals surface area contributed by atoms with E-state index < -0.39 is 0 Å². The van der Waals surface area contributed by atoms with Gasteiger partial charge in [-0.2, -0.15) is 0 Å². The number of ether oxygens (including phenoxy) is 3. The topological polar surface area (TPSA) is 78.8 Å². The summed E-state index contributed by atoms with van der Waals surface area (Å²) in [6.07, 6.45) is 2.60. The van der Waals surface area contributed by atoms with E-state index in [2.05, 4.69) is 5.32 Å². The van der Waals surface area contributed by atoms with Crippen LogP contribution in [0.1, 0.15) is 34.5 Å². The zero-order valence-corrected chi connectivity index (χ0v) is 15.2. The van der Waals surface area contributed by atoms with E-state index in [4.69, 9.17) is 14.2 Å². The highest BCUT2D eigenvalue weighted by Crippen LogP contribution is 2.32. The van der Waals surface area contributed by atoms with E-state index in [0.29, 0.717) is 30.8 Å². The minimum atomic E-state index is -0.284. The van der Waals surface area contributed by atoms with E-state index in [1.165, 1.54) is 0 Å². The lowest BCUT2D eigenvalue weighted by Crippen LogP contribution is -2.31. The maximum Gasteiger partial charge on any atom is 0.263 e. The molecule has 1 N–H and O–H groups in total. The van der Waals surface area contributed by atoms with Crippen molar-refractivity contribution >= 4 is 12.0 Å². The van der Waals surface area contributed by atoms with Crippen LogP contribution in [0, 0.1) is 6.92 Å². The van der Waals surface area contributed by atoms with Crippen LogP contribution >= 0.6 is 0 Å². The smallest absolute Gasteiger partial charge is 0.263 e. The van der Waals surface area contributed by atoms with Gasteiger partial charge in [0.2, 0.25) is 6.79 Å². The van der Waals surface area contributed by atoms with Gasteiger partial charge in [-0.1, -0.05) is 6.07 Å². The van der Waals surface area contributed by atoms with Crippen molar-refractivity contribution < 1.29 is 19.0 Å². The van der Waals surface area contributed by atoms with Crippen molar-refractivity contribution in [3.05, 3.63) is 51.4 Å². The molecule has 2 aromatic rings. The Morgan fingerprint density at radius 2 is 2.11 bits per heavy atom. The fourth-order valence-corrected chi connectivity index (χ4v) is 3.51. The van der Waals surface area contributed by atoms with E-state index in [1.54, 1.807) is 4.57 Å². The Morgan fingerprint density at radius 3 is 2.89 bits per heavy atom. The van der Waals surface area contributed by atoms with Crippen LogP contribution in [0.25, 0.3) is 0 Å². The third-order valence-electron chi connectivity index (χ3n) is 4.99. The molecule has 1 saturated heterocycles. The van der Waals surface area contributed by atoms with E-state index in [0.717, 1.165) is 36.5 Å². The van der Waals surface area contributed by atoms with Gasteiger partial charge in [0.05, 0.1) is 18.3 Å². The van der Waals surface area contributed by atoms with Gasteiger partial charge in [-0.25, -0.2) is 0 Å². The summed E-state index contributed by atoms with van der Waals surface area (Å²) < 4.78 is 17.9. The van der Waals surface area contributed by atoms with Crippen LogP contribution < -0.4 is 20.3 Å². The monoisotopic (exact) mass is 370 g/mol. The number of hydrogen-bond acceptors (Lipinski definition) is 6. The van der Waals surface area contributed by atoms with Crippen molar-refractivity contribution in [1.82, 2.24) is 4.57 Å². The number of aromatic nitrogens is 1. The molecule has 0 saturated carbocycles. The molecule has 0 spiro atoms. The summed E-state index contributed by atoms with van der Waals surface area (Å²) in [7, 11) is 0. The zero-order valence-electron chi connectivity index (χ0n) is 15.2. The Labute approximate surface area is 156 Å². The number of hydrogen-bond donors (Lipinski definition) is 1. The standard InChI is InChI=1S/C20H22N2O5/c1-13-7-17(21-9-14-4-5-18-19(8-14)27-12-26-18)16(11-23)20(24)22(13)10-15-3-2-6-25-15/h4-5,7-8,11,15,21H,2-3,6,9-10,12H2,1H3/t15-/m0/s1. The van der Waals surface area contributed by atoms with Gasteiger partial charge in [0.15, 0.2) is 17.8 Å². The van der Waals surface area contributed by atoms with Crippen LogP contribution in [-0.2, 0) is 17.8 Å². The highest BCUT2D eigenvalue weighted by atomic mass is 16.7. The second kappa shape index (κ2) is 7.44. The number of fused-ring (bicyclic) bond motifs is 1. The molecule has 0 unspecified atom stereocenters. The van der Waals surface area contributed by atoms with E-state index >= 15 is 0 Å². The van der Waals surface area contributed by atoms with Gasteiger partial charge in [-0.05, 0) is 43.5 Å². The molecule has 2 aliphatic rings. The summed E-state index contributed by atoms with van der Waals surface area (Å²) in [5.41, 5.74) is 2.16. The van der Waals surface area contributed by atoms with Gasteiger partial charge < -0.3 is 24.1 Å². The second-order valence-electron chi connectivity index (χ2n) is 6.82. The molecule has 0 amide bonds. The summed E-state index contributed by atoms with van der Waals surface area (Å²) in [5.74, 6) is 1.42. The molecule has 7 nitrogen and oxygen atoms in total. The summed E-state index contributed by atoms with van der Waals surface area (Å²) in [6, 6.07) is 7.51. The number of benzene rings is 1. The lowest BCUT2D eigenvalue weighted by atomic mass is 10.1. The molecular weight excluding hydrogens is 348 g/mol. The Morgan fingerprint density at radius 1 is 1.26 bits per heavy atom. The van der Waals surface area contributed by atoms with Crippen LogP contribution in [0.3, 0.4) is 0 Å². The van der Waals surface area contributed by atoms with Crippen LogP contribution in [0.15, 0.2) is 29.1 Å². The molecule has 1 aromatic carbocycles. The molecule has 0 aliphatic carbocycles. The van der Waals surface area contributed by atoms with Crippen molar-refractivity contribution in [3.63, 3.8) is 0 Å². The lowest BCUT2D eigenvalue weighted by Gasteiger charge is -2.18. The first-order valence-corrected chi connectivity index (χ1v) is 9.09. The van der Waals surface area contributed by atoms with Gasteiger partial charge in [0.25, 0.3) is 5.56 Å². The molecule has 1 atom stereocenters. The van der Waals surface area contributed by atoms with Gasteiger partial charge in [0.1, 0.15) is 5.56 Å². The summed E-state index contributed by atoms with van der Waals surface area (Å²) in [5, 5.41) is 3.20. The first-order chi connectivity index (χ1) is 13.2. The van der Waals surface area contributed by atoms with Crippen LogP contribution in [0.2, 0.25) is 0 Å². The molecule has 4 rings (SSSR count). The van der Waals surface area contributed by atoms with Gasteiger partial charge in [0, 0.05) is 18.8 Å². The predicted octanol–water partition coefficient (Wildman–Crippen LogP) is 2.49. The average Bonchev–Trinajstić information content (AvgIpc) is 3.34. The molecule has 1 fully saturated rings. The lowest BCUT2D eigenvalue weighted by molar-refractivity contribution is 0.0953. The number of aryl methyl sites for hydroxylation is 1. The summed E-state index contributed by atoms with van der Waals surface area (Å²) >= 11 is 0. The molecule has 0 radical (unpaired) electrons. The fourth-order valence-electron chi connectivity index (χ4n) is 3.51. The van der Waals surface area contributed by atoms with E-state index in [-0.39, 0.29) is 24.0 Å². The number of nitrogens with zero attached hydrogens (tertiary/aromatic N) is 1. The summed E-state index contributed by atoms with van der Waals surface area (Å²) in [4.78, 5) is 24.4. The number of pyridine rings is 1. The maximum absolute atomic E-state index is 12.8. The zero-order chi connectivity index (χ0) is 18.8. The molecule has 142 valence electrons. The molecule has 0 bridgehead atoms. The van der Waals surface area contributed by atoms with Gasteiger partial charge >= 0.3 is 0 Å². The largest absolute Gasteiger partial charge is 0.454 e. The number of anilines is 1. The molecule has 2 aliphatic heterocycles. The van der Waals surface area contributed by atoms with Crippen molar-refractivity contribution in [2.75, 3.05) is 18.7 Å². The Bertz CT molecular complexity index is 915. The maximum atomic E-state index is 12.8. The minimum Gasteiger partial charge on any atom is -0.454 e. The molecule has 1 aromatic heterocycles. The summed E-state index contributed by atoms with van der Waals surface area (Å²) in [6.45, 7) is 3.77. The number of rotatable bonds is 6. The van der Waals surface area contributed by atoms with Crippen molar-refractivity contribution in [1.29, 1.82) is 0 Å².